The van der Waals surface area contributed by atoms with Crippen LogP contribution in [-0.2, 0) is 11.2 Å². The number of nitrogens with zero attached hydrogens (tertiary/aromatic N) is 1. The molecule has 1 N–H and O–H groups in total. The van der Waals surface area contributed by atoms with Gasteiger partial charge in [0.05, 0.1) is 17.7 Å². The molecule has 0 radical (unpaired) electrons. The second kappa shape index (κ2) is 7.43. The molecule has 0 aliphatic heterocycles. The average Bonchev–Trinajstić information content (AvgIpc) is 2.45. The highest BCUT2D eigenvalue weighted by atomic mass is 35.5. The van der Waals surface area contributed by atoms with E-state index in [0.29, 0.717) is 22.0 Å². The van der Waals surface area contributed by atoms with E-state index in [-0.39, 0.29) is 5.91 Å². The molecule has 2 aromatic carbocycles. The molecule has 2 aromatic rings. The minimum atomic E-state index is -0.171. The van der Waals surface area contributed by atoms with Crippen LogP contribution in [0.25, 0.3) is 0 Å². The summed E-state index contributed by atoms with van der Waals surface area (Å²) in [5.74, 6) is -0.171. The predicted molar refractivity (Wildman–Crippen MR) is 91.8 cm³/mol. The Bertz CT molecular complexity index is 727. The van der Waals surface area contributed by atoms with Gasteiger partial charge in [0.25, 0.3) is 0 Å². The van der Waals surface area contributed by atoms with Gasteiger partial charge in [0, 0.05) is 10.6 Å². The Morgan fingerprint density at radius 1 is 1.18 bits per heavy atom. The van der Waals surface area contributed by atoms with Gasteiger partial charge >= 0.3 is 0 Å². The highest BCUT2D eigenvalue weighted by Crippen LogP contribution is 2.19. The van der Waals surface area contributed by atoms with Crippen LogP contribution in [0.15, 0.2) is 41.5 Å². The summed E-state index contributed by atoms with van der Waals surface area (Å²) < 4.78 is 0. The van der Waals surface area contributed by atoms with Crippen LogP contribution in [0.5, 0.6) is 0 Å². The molecule has 2 rings (SSSR count). The number of benzene rings is 2. The maximum atomic E-state index is 11.9. The van der Waals surface area contributed by atoms with Crippen molar-refractivity contribution in [3.63, 3.8) is 0 Å². The summed E-state index contributed by atoms with van der Waals surface area (Å²) in [4.78, 5) is 11.9. The SMILES string of the molecule is Cc1ccc(C)c(CC(=O)N/N=C/c2ccc(Cl)cc2Cl)c1. The maximum absolute atomic E-state index is 11.9. The Morgan fingerprint density at radius 3 is 2.68 bits per heavy atom. The zero-order valence-corrected chi connectivity index (χ0v) is 13.9. The Labute approximate surface area is 139 Å². The lowest BCUT2D eigenvalue weighted by Crippen LogP contribution is -2.20. The van der Waals surface area contributed by atoms with Crippen LogP contribution in [0.1, 0.15) is 22.3 Å². The normalized spacial score (nSPS) is 10.9. The highest BCUT2D eigenvalue weighted by molar-refractivity contribution is 6.36. The van der Waals surface area contributed by atoms with Gasteiger partial charge in [-0.3, -0.25) is 4.79 Å². The summed E-state index contributed by atoms with van der Waals surface area (Å²) in [6, 6.07) is 11.1. The van der Waals surface area contributed by atoms with E-state index in [1.807, 2.05) is 32.0 Å². The summed E-state index contributed by atoms with van der Waals surface area (Å²) >= 11 is 11.8. The van der Waals surface area contributed by atoms with Gasteiger partial charge in [0.1, 0.15) is 0 Å². The van der Waals surface area contributed by atoms with Crippen molar-refractivity contribution in [1.29, 1.82) is 0 Å². The van der Waals surface area contributed by atoms with E-state index >= 15 is 0 Å². The van der Waals surface area contributed by atoms with E-state index in [1.165, 1.54) is 6.21 Å². The van der Waals surface area contributed by atoms with Crippen molar-refractivity contribution in [2.45, 2.75) is 20.3 Å². The average molecular weight is 335 g/mol. The van der Waals surface area contributed by atoms with Crippen molar-refractivity contribution < 1.29 is 4.79 Å². The number of rotatable bonds is 4. The van der Waals surface area contributed by atoms with Crippen molar-refractivity contribution in [2.24, 2.45) is 5.10 Å². The van der Waals surface area contributed by atoms with E-state index < -0.39 is 0 Å². The van der Waals surface area contributed by atoms with Gasteiger partial charge in [-0.25, -0.2) is 5.43 Å². The van der Waals surface area contributed by atoms with Gasteiger partial charge in [0.2, 0.25) is 5.91 Å². The summed E-state index contributed by atoms with van der Waals surface area (Å²) in [7, 11) is 0. The molecule has 0 saturated heterocycles. The molecule has 114 valence electrons. The van der Waals surface area contributed by atoms with Gasteiger partial charge in [-0.15, -0.1) is 0 Å². The molecular weight excluding hydrogens is 319 g/mol. The fourth-order valence-corrected chi connectivity index (χ4v) is 2.44. The Balaban J connectivity index is 1.98. The molecule has 0 atom stereocenters. The van der Waals surface area contributed by atoms with Crippen LogP contribution < -0.4 is 5.43 Å². The number of aryl methyl sites for hydroxylation is 2. The molecule has 0 aliphatic carbocycles. The predicted octanol–water partition coefficient (Wildman–Crippen LogP) is 4.30. The number of carbonyl (C=O) groups excluding carboxylic acids is 1. The minimum Gasteiger partial charge on any atom is -0.273 e. The van der Waals surface area contributed by atoms with Crippen LogP contribution in [0.4, 0.5) is 0 Å². The van der Waals surface area contributed by atoms with Gasteiger partial charge < -0.3 is 0 Å². The zero-order chi connectivity index (χ0) is 16.1. The van der Waals surface area contributed by atoms with E-state index in [4.69, 9.17) is 23.2 Å². The third-order valence-corrected chi connectivity index (χ3v) is 3.77. The molecule has 0 aromatic heterocycles. The third-order valence-electron chi connectivity index (χ3n) is 3.21. The van der Waals surface area contributed by atoms with Crippen molar-refractivity contribution in [3.8, 4) is 0 Å². The molecule has 0 fully saturated rings. The molecule has 5 heteroatoms. The molecule has 0 unspecified atom stereocenters. The van der Waals surface area contributed by atoms with Gasteiger partial charge in [0.15, 0.2) is 0 Å². The fourth-order valence-electron chi connectivity index (χ4n) is 1.98. The number of hydrogen-bond donors (Lipinski definition) is 1. The van der Waals surface area contributed by atoms with Crippen LogP contribution in [0, 0.1) is 13.8 Å². The molecule has 22 heavy (non-hydrogen) atoms. The van der Waals surface area contributed by atoms with Crippen LogP contribution >= 0.6 is 23.2 Å². The van der Waals surface area contributed by atoms with Crippen molar-refractivity contribution in [2.75, 3.05) is 0 Å². The third kappa shape index (κ3) is 4.58. The summed E-state index contributed by atoms with van der Waals surface area (Å²) in [6.07, 6.45) is 1.79. The van der Waals surface area contributed by atoms with Gasteiger partial charge in [-0.1, -0.05) is 53.0 Å². The van der Waals surface area contributed by atoms with E-state index in [1.54, 1.807) is 18.2 Å². The number of amides is 1. The lowest BCUT2D eigenvalue weighted by atomic mass is 10.0. The van der Waals surface area contributed by atoms with Crippen molar-refractivity contribution in [3.05, 3.63) is 68.7 Å². The van der Waals surface area contributed by atoms with Crippen LogP contribution in [0.2, 0.25) is 10.0 Å². The molecular formula is C17H16Cl2N2O. The molecule has 1 amide bonds. The summed E-state index contributed by atoms with van der Waals surface area (Å²) in [5.41, 5.74) is 6.42. The zero-order valence-electron chi connectivity index (χ0n) is 12.4. The second-order valence-electron chi connectivity index (χ2n) is 5.07. The lowest BCUT2D eigenvalue weighted by Gasteiger charge is -2.06. The number of hydrazone groups is 1. The molecule has 0 spiro atoms. The number of hydrogen-bond acceptors (Lipinski definition) is 2. The van der Waals surface area contributed by atoms with Crippen molar-refractivity contribution >= 4 is 35.3 Å². The molecule has 0 heterocycles. The quantitative estimate of drug-likeness (QED) is 0.657. The first-order chi connectivity index (χ1) is 10.5. The maximum Gasteiger partial charge on any atom is 0.244 e. The summed E-state index contributed by atoms with van der Waals surface area (Å²) in [5, 5.41) is 4.97. The minimum absolute atomic E-state index is 0.171. The Hall–Kier alpha value is -1.84. The van der Waals surface area contributed by atoms with Gasteiger partial charge in [-0.05, 0) is 37.1 Å². The fraction of sp³-hybridized carbons (Fsp3) is 0.176. The molecule has 3 nitrogen and oxygen atoms in total. The molecule has 0 bridgehead atoms. The first-order valence-electron chi connectivity index (χ1n) is 6.79. The van der Waals surface area contributed by atoms with E-state index in [9.17, 15) is 4.79 Å². The van der Waals surface area contributed by atoms with Crippen LogP contribution in [0.3, 0.4) is 0 Å². The number of halogens is 2. The number of nitrogens with one attached hydrogen (secondary N) is 1. The van der Waals surface area contributed by atoms with E-state index in [0.717, 1.165) is 16.7 Å². The summed E-state index contributed by atoms with van der Waals surface area (Å²) in [6.45, 7) is 3.99. The highest BCUT2D eigenvalue weighted by Gasteiger charge is 2.05. The lowest BCUT2D eigenvalue weighted by molar-refractivity contribution is -0.120. The monoisotopic (exact) mass is 334 g/mol. The van der Waals surface area contributed by atoms with Gasteiger partial charge in [-0.2, -0.15) is 5.10 Å². The molecule has 0 aliphatic rings. The second-order valence-corrected chi connectivity index (χ2v) is 5.91. The van der Waals surface area contributed by atoms with E-state index in [2.05, 4.69) is 10.5 Å². The largest absolute Gasteiger partial charge is 0.273 e. The Morgan fingerprint density at radius 2 is 1.95 bits per heavy atom. The first-order valence-corrected chi connectivity index (χ1v) is 7.54. The topological polar surface area (TPSA) is 41.5 Å². The van der Waals surface area contributed by atoms with Crippen LogP contribution in [-0.4, -0.2) is 12.1 Å². The molecule has 0 saturated carbocycles. The smallest absolute Gasteiger partial charge is 0.244 e. The Kier molecular flexibility index (Phi) is 5.58. The number of carbonyl (C=O) groups is 1. The first kappa shape index (κ1) is 16.5. The van der Waals surface area contributed by atoms with Crippen molar-refractivity contribution in [1.82, 2.24) is 5.43 Å². The standard InChI is InChI=1S/C17H16Cl2N2O/c1-11-3-4-12(2)14(7-11)8-17(22)21-20-10-13-5-6-15(18)9-16(13)19/h3-7,9-10H,8H2,1-2H3,(H,21,22)/b20-10+.